The molecule has 62 valence electrons. The van der Waals surface area contributed by atoms with Gasteiger partial charge in [0.25, 0.3) is 0 Å². The van der Waals surface area contributed by atoms with Gasteiger partial charge in [-0.3, -0.25) is 4.72 Å². The molecule has 0 fully saturated rings. The average molecular weight is 176 g/mol. The van der Waals surface area contributed by atoms with Gasteiger partial charge in [-0.25, -0.2) is 13.4 Å². The summed E-state index contributed by atoms with van der Waals surface area (Å²) in [4.78, 5) is 3.55. The molecule has 5 nitrogen and oxygen atoms in total. The summed E-state index contributed by atoms with van der Waals surface area (Å²) in [5.41, 5.74) is 0. The molecule has 0 radical (unpaired) electrons. The van der Waals surface area contributed by atoms with Gasteiger partial charge in [-0.15, -0.1) is 0 Å². The molecule has 1 heterocycles. The molecule has 0 aromatic carbocycles. The molecule has 0 aliphatic carbocycles. The van der Waals surface area contributed by atoms with E-state index < -0.39 is 10.0 Å². The molecule has 0 saturated heterocycles. The maximum atomic E-state index is 10.9. The molecule has 0 aliphatic rings. The number of anilines is 1. The minimum Gasteiger partial charge on any atom is -0.427 e. The molecule has 1 N–H and O–H groups in total. The second-order valence-electron chi connectivity index (χ2n) is 1.87. The van der Waals surface area contributed by atoms with E-state index in [4.69, 9.17) is 0 Å². The van der Waals surface area contributed by atoms with Crippen molar-refractivity contribution >= 4 is 15.9 Å². The van der Waals surface area contributed by atoms with E-state index >= 15 is 0 Å². The van der Waals surface area contributed by atoms with Crippen LogP contribution in [0, 0.1) is 0 Å². The highest BCUT2D eigenvalue weighted by molar-refractivity contribution is 7.92. The third-order valence-electron chi connectivity index (χ3n) is 1.07. The number of oxazole rings is 1. The van der Waals surface area contributed by atoms with Crippen molar-refractivity contribution in [1.82, 2.24) is 4.98 Å². The molecule has 1 rings (SSSR count). The summed E-state index contributed by atoms with van der Waals surface area (Å²) in [6.45, 7) is 1.54. The fraction of sp³-hybridized carbons (Fsp3) is 0.400. The molecule has 1 aromatic heterocycles. The van der Waals surface area contributed by atoms with E-state index in [0.717, 1.165) is 6.39 Å². The Hall–Kier alpha value is -1.04. The number of nitrogens with one attached hydrogen (secondary N) is 1. The summed E-state index contributed by atoms with van der Waals surface area (Å²) in [5, 5.41) is 0. The van der Waals surface area contributed by atoms with E-state index in [9.17, 15) is 8.42 Å². The number of nitrogens with zero attached hydrogens (tertiary/aromatic N) is 1. The molecular formula is C5H8N2O3S. The van der Waals surface area contributed by atoms with E-state index in [1.165, 1.54) is 6.20 Å². The van der Waals surface area contributed by atoms with Crippen LogP contribution >= 0.6 is 0 Å². The molecule has 0 amide bonds. The lowest BCUT2D eigenvalue weighted by Gasteiger charge is -1.99. The number of rotatable bonds is 3. The fourth-order valence-corrected chi connectivity index (χ4v) is 1.04. The van der Waals surface area contributed by atoms with Crippen LogP contribution in [0.15, 0.2) is 17.0 Å². The molecule has 0 atom stereocenters. The van der Waals surface area contributed by atoms with Crippen LogP contribution in [0.1, 0.15) is 6.92 Å². The first-order valence-electron chi connectivity index (χ1n) is 3.03. The Kier molecular flexibility index (Phi) is 2.13. The minimum atomic E-state index is -3.23. The third kappa shape index (κ3) is 2.23. The lowest BCUT2D eigenvalue weighted by Crippen LogP contribution is -2.13. The predicted octanol–water partition coefficient (Wildman–Crippen LogP) is 0.436. The van der Waals surface area contributed by atoms with Gasteiger partial charge in [0, 0.05) is 0 Å². The van der Waals surface area contributed by atoms with Crippen LogP contribution in [0.5, 0.6) is 0 Å². The molecule has 0 unspecified atom stereocenters. The molecule has 6 heteroatoms. The van der Waals surface area contributed by atoms with Crippen molar-refractivity contribution < 1.29 is 12.8 Å². The Morgan fingerprint density at radius 2 is 2.45 bits per heavy atom. The summed E-state index contributed by atoms with van der Waals surface area (Å²) in [7, 11) is -3.23. The van der Waals surface area contributed by atoms with Gasteiger partial charge in [-0.05, 0) is 6.92 Å². The van der Waals surface area contributed by atoms with Crippen molar-refractivity contribution in [2.75, 3.05) is 10.5 Å². The van der Waals surface area contributed by atoms with Gasteiger partial charge >= 0.3 is 0 Å². The highest BCUT2D eigenvalue weighted by atomic mass is 32.2. The Balaban J connectivity index is 2.72. The zero-order valence-electron chi connectivity index (χ0n) is 5.94. The summed E-state index contributed by atoms with van der Waals surface area (Å²) in [6, 6.07) is 0. The monoisotopic (exact) mass is 176 g/mol. The molecule has 0 spiro atoms. The third-order valence-corrected chi connectivity index (χ3v) is 2.34. The topological polar surface area (TPSA) is 72.2 Å². The number of sulfonamides is 1. The SMILES string of the molecule is CCS(=O)(=O)Nc1cnco1. The van der Waals surface area contributed by atoms with Crippen molar-refractivity contribution in [3.63, 3.8) is 0 Å². The van der Waals surface area contributed by atoms with Gasteiger partial charge in [0.05, 0.1) is 11.9 Å². The predicted molar refractivity (Wildman–Crippen MR) is 39.6 cm³/mol. The largest absolute Gasteiger partial charge is 0.427 e. The summed E-state index contributed by atoms with van der Waals surface area (Å²) in [6.07, 6.45) is 2.46. The first-order valence-corrected chi connectivity index (χ1v) is 4.68. The van der Waals surface area contributed by atoms with Gasteiger partial charge in [-0.2, -0.15) is 0 Å². The molecule has 0 saturated carbocycles. The maximum Gasteiger partial charge on any atom is 0.234 e. The molecule has 1 aromatic rings. The molecule has 0 aliphatic heterocycles. The first-order chi connectivity index (χ1) is 5.14. The normalized spacial score (nSPS) is 11.4. The van der Waals surface area contributed by atoms with E-state index in [-0.39, 0.29) is 11.6 Å². The average Bonchev–Trinajstić information content (AvgIpc) is 2.39. The van der Waals surface area contributed by atoms with Crippen LogP contribution in [0.25, 0.3) is 0 Å². The Labute approximate surface area is 64.5 Å². The van der Waals surface area contributed by atoms with Crippen molar-refractivity contribution in [1.29, 1.82) is 0 Å². The minimum absolute atomic E-state index is 0.0215. The quantitative estimate of drug-likeness (QED) is 0.725. The van der Waals surface area contributed by atoms with Crippen LogP contribution in [-0.2, 0) is 10.0 Å². The summed E-state index contributed by atoms with van der Waals surface area (Å²) in [5.74, 6) is 0.167. The lowest BCUT2D eigenvalue weighted by molar-refractivity contribution is 0.569. The Morgan fingerprint density at radius 1 is 1.73 bits per heavy atom. The van der Waals surface area contributed by atoms with Crippen LogP contribution in [0.4, 0.5) is 5.88 Å². The van der Waals surface area contributed by atoms with Crippen LogP contribution in [0.2, 0.25) is 0 Å². The van der Waals surface area contributed by atoms with Crippen LogP contribution in [-0.4, -0.2) is 19.2 Å². The highest BCUT2D eigenvalue weighted by Gasteiger charge is 2.07. The van der Waals surface area contributed by atoms with E-state index in [1.54, 1.807) is 6.92 Å². The van der Waals surface area contributed by atoms with Crippen molar-refractivity contribution in [2.24, 2.45) is 0 Å². The highest BCUT2D eigenvalue weighted by Crippen LogP contribution is 2.05. The standard InChI is InChI=1S/C5H8N2O3S/c1-2-11(8,9)7-5-3-6-4-10-5/h3-4,7H,2H2,1H3. The number of aromatic nitrogens is 1. The van der Waals surface area contributed by atoms with E-state index in [0.29, 0.717) is 0 Å². The van der Waals surface area contributed by atoms with E-state index in [2.05, 4.69) is 14.1 Å². The zero-order chi connectivity index (χ0) is 8.32. The van der Waals surface area contributed by atoms with E-state index in [1.807, 2.05) is 0 Å². The second-order valence-corrected chi connectivity index (χ2v) is 3.88. The van der Waals surface area contributed by atoms with Crippen LogP contribution < -0.4 is 4.72 Å². The molecule has 0 bridgehead atoms. The molecular weight excluding hydrogens is 168 g/mol. The lowest BCUT2D eigenvalue weighted by atomic mass is 10.9. The number of hydrogen-bond acceptors (Lipinski definition) is 4. The van der Waals surface area contributed by atoms with Gasteiger partial charge < -0.3 is 4.42 Å². The molecule has 11 heavy (non-hydrogen) atoms. The van der Waals surface area contributed by atoms with Gasteiger partial charge in [0.15, 0.2) is 6.39 Å². The van der Waals surface area contributed by atoms with Gasteiger partial charge in [0.2, 0.25) is 15.9 Å². The Morgan fingerprint density at radius 3 is 2.91 bits per heavy atom. The first kappa shape index (κ1) is 8.06. The smallest absolute Gasteiger partial charge is 0.234 e. The zero-order valence-corrected chi connectivity index (χ0v) is 6.76. The number of hydrogen-bond donors (Lipinski definition) is 1. The van der Waals surface area contributed by atoms with Gasteiger partial charge in [-0.1, -0.05) is 0 Å². The maximum absolute atomic E-state index is 10.9. The van der Waals surface area contributed by atoms with Gasteiger partial charge in [0.1, 0.15) is 0 Å². The van der Waals surface area contributed by atoms with Crippen LogP contribution in [0.3, 0.4) is 0 Å². The van der Waals surface area contributed by atoms with Crippen molar-refractivity contribution in [2.45, 2.75) is 6.92 Å². The second kappa shape index (κ2) is 2.91. The van der Waals surface area contributed by atoms with Crippen molar-refractivity contribution in [3.05, 3.63) is 12.6 Å². The van der Waals surface area contributed by atoms with Crippen molar-refractivity contribution in [3.8, 4) is 0 Å². The summed E-state index contributed by atoms with van der Waals surface area (Å²) < 4.78 is 28.6. The Bertz CT molecular complexity index is 302. The summed E-state index contributed by atoms with van der Waals surface area (Å²) >= 11 is 0. The fourth-order valence-electron chi connectivity index (χ4n) is 0.492.